The van der Waals surface area contributed by atoms with E-state index in [2.05, 4.69) is 23.3 Å². The predicted molar refractivity (Wildman–Crippen MR) is 76.7 cm³/mol. The lowest BCUT2D eigenvalue weighted by atomic mass is 10.0. The Bertz CT molecular complexity index is 421. The van der Waals surface area contributed by atoms with Crippen molar-refractivity contribution in [1.29, 1.82) is 0 Å². The number of nitrogens with one attached hydrogen (secondary N) is 1. The van der Waals surface area contributed by atoms with Crippen molar-refractivity contribution in [3.05, 3.63) is 29.6 Å². The summed E-state index contributed by atoms with van der Waals surface area (Å²) < 4.78 is 16.7. The standard InChI is InChI=1S/C15H24N2O3/c1-12-10-16-7-4-13(12)5-8-17-14-11-20-9-6-15(14,18-2)19-3/h4,7,10,14,17H,5-6,8-9,11H2,1-3H3. The van der Waals surface area contributed by atoms with Gasteiger partial charge in [0.25, 0.3) is 0 Å². The van der Waals surface area contributed by atoms with Crippen molar-refractivity contribution in [3.8, 4) is 0 Å². The fraction of sp³-hybridized carbons (Fsp3) is 0.667. The Morgan fingerprint density at radius 3 is 2.95 bits per heavy atom. The Labute approximate surface area is 120 Å². The molecule has 0 saturated carbocycles. The van der Waals surface area contributed by atoms with E-state index in [0.717, 1.165) is 19.4 Å². The molecule has 1 aromatic heterocycles. The molecule has 5 heteroatoms. The first-order valence-corrected chi connectivity index (χ1v) is 7.03. The van der Waals surface area contributed by atoms with Crippen molar-refractivity contribution < 1.29 is 14.2 Å². The first kappa shape index (κ1) is 15.4. The number of pyridine rings is 1. The molecule has 5 nitrogen and oxygen atoms in total. The van der Waals surface area contributed by atoms with Crippen molar-refractivity contribution in [2.75, 3.05) is 34.0 Å². The zero-order valence-corrected chi connectivity index (χ0v) is 12.5. The summed E-state index contributed by atoms with van der Waals surface area (Å²) in [5.41, 5.74) is 2.53. The lowest BCUT2D eigenvalue weighted by molar-refractivity contribution is -0.258. The Morgan fingerprint density at radius 2 is 2.25 bits per heavy atom. The van der Waals surface area contributed by atoms with E-state index >= 15 is 0 Å². The first-order chi connectivity index (χ1) is 9.72. The molecule has 2 rings (SSSR count). The molecule has 1 fully saturated rings. The zero-order chi connectivity index (χ0) is 14.4. The first-order valence-electron chi connectivity index (χ1n) is 7.03. The Hall–Kier alpha value is -1.01. The summed E-state index contributed by atoms with van der Waals surface area (Å²) in [4.78, 5) is 4.11. The summed E-state index contributed by atoms with van der Waals surface area (Å²) in [6.07, 6.45) is 5.43. The summed E-state index contributed by atoms with van der Waals surface area (Å²) in [6, 6.07) is 2.11. The third-order valence-electron chi connectivity index (χ3n) is 4.02. The molecule has 1 N–H and O–H groups in total. The fourth-order valence-electron chi connectivity index (χ4n) is 2.67. The van der Waals surface area contributed by atoms with Crippen LogP contribution in [-0.4, -0.2) is 50.8 Å². The fourth-order valence-corrected chi connectivity index (χ4v) is 2.67. The lowest BCUT2D eigenvalue weighted by Gasteiger charge is -2.41. The molecule has 1 aliphatic heterocycles. The van der Waals surface area contributed by atoms with Gasteiger partial charge in [-0.1, -0.05) is 0 Å². The minimum atomic E-state index is -0.578. The molecular weight excluding hydrogens is 256 g/mol. The van der Waals surface area contributed by atoms with E-state index in [4.69, 9.17) is 14.2 Å². The Morgan fingerprint density at radius 1 is 1.45 bits per heavy atom. The van der Waals surface area contributed by atoms with E-state index in [1.54, 1.807) is 14.2 Å². The van der Waals surface area contributed by atoms with Gasteiger partial charge in [0.05, 0.1) is 19.3 Å². The summed E-state index contributed by atoms with van der Waals surface area (Å²) in [7, 11) is 3.38. The molecule has 0 spiro atoms. The molecule has 0 aliphatic carbocycles. The average molecular weight is 280 g/mol. The second-order valence-electron chi connectivity index (χ2n) is 5.10. The van der Waals surface area contributed by atoms with Crippen LogP contribution in [-0.2, 0) is 20.6 Å². The van der Waals surface area contributed by atoms with Crippen LogP contribution in [0.15, 0.2) is 18.5 Å². The highest BCUT2D eigenvalue weighted by atomic mass is 16.7. The van der Waals surface area contributed by atoms with Crippen molar-refractivity contribution in [1.82, 2.24) is 10.3 Å². The summed E-state index contributed by atoms with van der Waals surface area (Å²) >= 11 is 0. The van der Waals surface area contributed by atoms with Crippen LogP contribution in [0.4, 0.5) is 0 Å². The third kappa shape index (κ3) is 3.35. The zero-order valence-electron chi connectivity index (χ0n) is 12.5. The van der Waals surface area contributed by atoms with Gasteiger partial charge in [-0.2, -0.15) is 0 Å². The van der Waals surface area contributed by atoms with Gasteiger partial charge in [-0.05, 0) is 37.1 Å². The van der Waals surface area contributed by atoms with E-state index in [0.29, 0.717) is 13.2 Å². The lowest BCUT2D eigenvalue weighted by Crippen LogP contribution is -2.59. The van der Waals surface area contributed by atoms with Gasteiger partial charge >= 0.3 is 0 Å². The van der Waals surface area contributed by atoms with Gasteiger partial charge in [-0.25, -0.2) is 0 Å². The smallest absolute Gasteiger partial charge is 0.187 e. The van der Waals surface area contributed by atoms with Gasteiger partial charge < -0.3 is 19.5 Å². The molecule has 2 heterocycles. The number of methoxy groups -OCH3 is 2. The number of ether oxygens (including phenoxy) is 3. The Balaban J connectivity index is 1.90. The molecule has 20 heavy (non-hydrogen) atoms. The highest BCUT2D eigenvalue weighted by molar-refractivity contribution is 5.21. The largest absolute Gasteiger partial charge is 0.379 e. The molecule has 1 saturated heterocycles. The van der Waals surface area contributed by atoms with E-state index < -0.39 is 5.79 Å². The molecule has 1 aliphatic rings. The minimum absolute atomic E-state index is 0.0494. The average Bonchev–Trinajstić information content (AvgIpc) is 2.50. The maximum atomic E-state index is 5.59. The molecule has 0 bridgehead atoms. The molecule has 0 aromatic carbocycles. The van der Waals surface area contributed by atoms with Gasteiger partial charge in [0.2, 0.25) is 0 Å². The normalized spacial score (nSPS) is 21.9. The number of aryl methyl sites for hydroxylation is 1. The van der Waals surface area contributed by atoms with Gasteiger partial charge in [0.15, 0.2) is 5.79 Å². The van der Waals surface area contributed by atoms with Crippen LogP contribution in [0.5, 0.6) is 0 Å². The number of rotatable bonds is 6. The maximum absolute atomic E-state index is 5.59. The molecule has 112 valence electrons. The van der Waals surface area contributed by atoms with Crippen LogP contribution in [0.25, 0.3) is 0 Å². The second kappa shape index (κ2) is 7.13. The second-order valence-corrected chi connectivity index (χ2v) is 5.10. The van der Waals surface area contributed by atoms with E-state index in [-0.39, 0.29) is 6.04 Å². The summed E-state index contributed by atoms with van der Waals surface area (Å²) in [5, 5.41) is 3.49. The summed E-state index contributed by atoms with van der Waals surface area (Å²) in [5.74, 6) is -0.578. The van der Waals surface area contributed by atoms with Crippen LogP contribution in [0.3, 0.4) is 0 Å². The number of hydrogen-bond donors (Lipinski definition) is 1. The van der Waals surface area contributed by atoms with Crippen LogP contribution in [0.2, 0.25) is 0 Å². The highest BCUT2D eigenvalue weighted by Gasteiger charge is 2.41. The minimum Gasteiger partial charge on any atom is -0.379 e. The number of nitrogens with zero attached hydrogens (tertiary/aromatic N) is 1. The number of hydrogen-bond acceptors (Lipinski definition) is 5. The van der Waals surface area contributed by atoms with Crippen LogP contribution < -0.4 is 5.32 Å². The van der Waals surface area contributed by atoms with Gasteiger partial charge in [0, 0.05) is 33.0 Å². The quantitative estimate of drug-likeness (QED) is 0.796. The monoisotopic (exact) mass is 280 g/mol. The van der Waals surface area contributed by atoms with Crippen LogP contribution in [0.1, 0.15) is 17.5 Å². The highest BCUT2D eigenvalue weighted by Crippen LogP contribution is 2.25. The van der Waals surface area contributed by atoms with Crippen molar-refractivity contribution in [2.45, 2.75) is 31.6 Å². The van der Waals surface area contributed by atoms with Crippen LogP contribution >= 0.6 is 0 Å². The number of aromatic nitrogens is 1. The third-order valence-corrected chi connectivity index (χ3v) is 4.02. The van der Waals surface area contributed by atoms with Gasteiger partial charge in [-0.15, -0.1) is 0 Å². The molecule has 0 radical (unpaired) electrons. The predicted octanol–water partition coefficient (Wildman–Crippen LogP) is 1.30. The van der Waals surface area contributed by atoms with Crippen molar-refractivity contribution in [2.24, 2.45) is 0 Å². The Kier molecular flexibility index (Phi) is 5.48. The van der Waals surface area contributed by atoms with Crippen molar-refractivity contribution >= 4 is 0 Å². The van der Waals surface area contributed by atoms with E-state index in [1.165, 1.54) is 11.1 Å². The maximum Gasteiger partial charge on any atom is 0.187 e. The molecule has 0 amide bonds. The molecule has 1 unspecified atom stereocenters. The van der Waals surface area contributed by atoms with Crippen molar-refractivity contribution in [3.63, 3.8) is 0 Å². The molecule has 1 aromatic rings. The molecular formula is C15H24N2O3. The van der Waals surface area contributed by atoms with Crippen LogP contribution in [0, 0.1) is 6.92 Å². The molecule has 1 atom stereocenters. The van der Waals surface area contributed by atoms with Gasteiger partial charge in [-0.3, -0.25) is 4.98 Å². The van der Waals surface area contributed by atoms with Gasteiger partial charge in [0.1, 0.15) is 0 Å². The van der Waals surface area contributed by atoms with E-state index in [1.807, 2.05) is 12.4 Å². The SMILES string of the molecule is COC1(OC)CCOCC1NCCc1ccncc1C. The topological polar surface area (TPSA) is 52.6 Å². The summed E-state index contributed by atoms with van der Waals surface area (Å²) in [6.45, 7) is 4.22. The van der Waals surface area contributed by atoms with E-state index in [9.17, 15) is 0 Å².